The number of rotatable bonds is 4. The number of nitrogens with zero attached hydrogens (tertiary/aromatic N) is 2. The summed E-state index contributed by atoms with van der Waals surface area (Å²) >= 11 is 0. The molecule has 14 heavy (non-hydrogen) atoms. The van der Waals surface area contributed by atoms with Crippen molar-refractivity contribution in [2.24, 2.45) is 0 Å². The molecule has 0 unspecified atom stereocenters. The van der Waals surface area contributed by atoms with Gasteiger partial charge in [0, 0.05) is 6.20 Å². The molecule has 1 aromatic heterocycles. The molecule has 0 saturated heterocycles. The minimum absolute atomic E-state index is 0.178. The van der Waals surface area contributed by atoms with Crippen LogP contribution in [0.15, 0.2) is 13.2 Å². The summed E-state index contributed by atoms with van der Waals surface area (Å²) in [5.74, 6) is 0.409. The average Bonchev–Trinajstić information content (AvgIpc) is 2.54. The van der Waals surface area contributed by atoms with Crippen LogP contribution >= 0.6 is 0 Å². The average molecular weight is 198 g/mol. The van der Waals surface area contributed by atoms with E-state index in [0.29, 0.717) is 17.9 Å². The topological polar surface area (TPSA) is 17.8 Å². The lowest BCUT2D eigenvalue weighted by Gasteiger charge is -2.02. The molecule has 0 N–H and O–H groups in total. The Hall–Kier alpha value is -1.45. The van der Waals surface area contributed by atoms with Gasteiger partial charge in [-0.25, -0.2) is 13.8 Å². The largest absolute Gasteiger partial charge is 0.304 e. The molecule has 76 valence electrons. The Morgan fingerprint density at radius 3 is 2.50 bits per heavy atom. The van der Waals surface area contributed by atoms with E-state index < -0.39 is 6.43 Å². The summed E-state index contributed by atoms with van der Waals surface area (Å²) in [7, 11) is 0. The van der Waals surface area contributed by atoms with Gasteiger partial charge in [-0.1, -0.05) is 20.1 Å². The maximum Gasteiger partial charge on any atom is 0.282 e. The second kappa shape index (κ2) is 4.17. The van der Waals surface area contributed by atoms with Gasteiger partial charge in [0.25, 0.3) is 6.43 Å². The van der Waals surface area contributed by atoms with Gasteiger partial charge in [-0.05, 0) is 12.5 Å². The Labute approximate surface area is 81.6 Å². The molecule has 0 atom stereocenters. The van der Waals surface area contributed by atoms with E-state index in [1.54, 1.807) is 6.92 Å². The van der Waals surface area contributed by atoms with Crippen molar-refractivity contribution in [2.75, 3.05) is 0 Å². The second-order valence-corrected chi connectivity index (χ2v) is 2.71. The zero-order valence-corrected chi connectivity index (χ0v) is 8.00. The van der Waals surface area contributed by atoms with Gasteiger partial charge in [-0.2, -0.15) is 0 Å². The van der Waals surface area contributed by atoms with Crippen LogP contribution in [-0.4, -0.2) is 9.55 Å². The highest BCUT2D eigenvalue weighted by Crippen LogP contribution is 2.24. The number of halogens is 2. The van der Waals surface area contributed by atoms with E-state index in [9.17, 15) is 8.78 Å². The lowest BCUT2D eigenvalue weighted by molar-refractivity contribution is 0.145. The molecule has 2 nitrogen and oxygen atoms in total. The summed E-state index contributed by atoms with van der Waals surface area (Å²) in [6, 6.07) is 0. The van der Waals surface area contributed by atoms with Crippen LogP contribution in [0.25, 0.3) is 12.3 Å². The molecule has 1 rings (SSSR count). The predicted molar refractivity (Wildman–Crippen MR) is 53.0 cm³/mol. The van der Waals surface area contributed by atoms with Crippen molar-refractivity contribution < 1.29 is 8.78 Å². The van der Waals surface area contributed by atoms with Gasteiger partial charge in [-0.15, -0.1) is 0 Å². The maximum atomic E-state index is 12.5. The van der Waals surface area contributed by atoms with E-state index in [1.165, 1.54) is 16.8 Å². The van der Waals surface area contributed by atoms with Crippen molar-refractivity contribution >= 4 is 12.3 Å². The first-order valence-corrected chi connectivity index (χ1v) is 4.29. The molecule has 0 aromatic carbocycles. The van der Waals surface area contributed by atoms with Gasteiger partial charge in [0.15, 0.2) is 0 Å². The molecule has 0 saturated carbocycles. The van der Waals surface area contributed by atoms with Gasteiger partial charge in [0.1, 0.15) is 11.5 Å². The lowest BCUT2D eigenvalue weighted by Crippen LogP contribution is -1.97. The quantitative estimate of drug-likeness (QED) is 0.726. The van der Waals surface area contributed by atoms with Crippen LogP contribution in [0.4, 0.5) is 8.78 Å². The summed E-state index contributed by atoms with van der Waals surface area (Å²) in [5.41, 5.74) is 0.312. The molecule has 0 amide bonds. The summed E-state index contributed by atoms with van der Waals surface area (Å²) in [6.07, 6.45) is 0.846. The van der Waals surface area contributed by atoms with E-state index in [1.807, 2.05) is 0 Å². The molecule has 0 fully saturated rings. The number of alkyl halides is 2. The smallest absolute Gasteiger partial charge is 0.282 e. The van der Waals surface area contributed by atoms with Crippen LogP contribution in [0, 0.1) is 0 Å². The van der Waals surface area contributed by atoms with E-state index in [-0.39, 0.29) is 5.69 Å². The van der Waals surface area contributed by atoms with Crippen LogP contribution in [-0.2, 0) is 6.42 Å². The van der Waals surface area contributed by atoms with Gasteiger partial charge >= 0.3 is 0 Å². The van der Waals surface area contributed by atoms with E-state index >= 15 is 0 Å². The Morgan fingerprint density at radius 1 is 1.50 bits per heavy atom. The van der Waals surface area contributed by atoms with Crippen molar-refractivity contribution in [1.82, 2.24) is 9.55 Å². The predicted octanol–water partition coefficient (Wildman–Crippen LogP) is 3.13. The summed E-state index contributed by atoms with van der Waals surface area (Å²) in [6.45, 7) is 8.86. The molecule has 0 aliphatic heterocycles. The molecule has 0 bridgehead atoms. The van der Waals surface area contributed by atoms with Crippen molar-refractivity contribution in [3.05, 3.63) is 30.4 Å². The molecule has 1 aromatic rings. The van der Waals surface area contributed by atoms with Crippen LogP contribution < -0.4 is 0 Å². The fraction of sp³-hybridized carbons (Fsp3) is 0.300. The minimum Gasteiger partial charge on any atom is -0.304 e. The summed E-state index contributed by atoms with van der Waals surface area (Å²) in [5, 5.41) is 0. The summed E-state index contributed by atoms with van der Waals surface area (Å²) < 4.78 is 26.6. The normalized spacial score (nSPS) is 10.6. The van der Waals surface area contributed by atoms with Crippen LogP contribution in [0.5, 0.6) is 0 Å². The highest BCUT2D eigenvalue weighted by atomic mass is 19.3. The highest BCUT2D eigenvalue weighted by Gasteiger charge is 2.19. The van der Waals surface area contributed by atoms with Crippen molar-refractivity contribution in [2.45, 2.75) is 19.8 Å². The number of aromatic nitrogens is 2. The van der Waals surface area contributed by atoms with Crippen LogP contribution in [0.1, 0.15) is 30.6 Å². The van der Waals surface area contributed by atoms with E-state index in [0.717, 1.165) is 0 Å². The third-order valence-electron chi connectivity index (χ3n) is 1.98. The number of imidazole rings is 1. The monoisotopic (exact) mass is 198 g/mol. The van der Waals surface area contributed by atoms with E-state index in [2.05, 4.69) is 18.1 Å². The Morgan fingerprint density at radius 2 is 2.14 bits per heavy atom. The van der Waals surface area contributed by atoms with E-state index in [4.69, 9.17) is 0 Å². The summed E-state index contributed by atoms with van der Waals surface area (Å²) in [4.78, 5) is 3.79. The van der Waals surface area contributed by atoms with Crippen molar-refractivity contribution in [3.8, 4) is 0 Å². The first-order chi connectivity index (χ1) is 6.65. The molecule has 4 heteroatoms. The molecular weight excluding hydrogens is 186 g/mol. The molecular formula is C10H12F2N2. The standard InChI is InChI=1S/C10H12F2N2/c1-4-7-9(10(11)12)13-8(5-2)14(7)6-3/h5-6,10H,2-4H2,1H3. The lowest BCUT2D eigenvalue weighted by atomic mass is 10.2. The zero-order chi connectivity index (χ0) is 10.7. The molecule has 0 spiro atoms. The van der Waals surface area contributed by atoms with Crippen molar-refractivity contribution in [3.63, 3.8) is 0 Å². The van der Waals surface area contributed by atoms with Gasteiger partial charge in [-0.3, -0.25) is 0 Å². The fourth-order valence-electron chi connectivity index (χ4n) is 1.38. The molecule has 0 aliphatic carbocycles. The van der Waals surface area contributed by atoms with Gasteiger partial charge < -0.3 is 4.57 Å². The minimum atomic E-state index is -2.55. The Balaban J connectivity index is 3.38. The fourth-order valence-corrected chi connectivity index (χ4v) is 1.38. The van der Waals surface area contributed by atoms with Gasteiger partial charge in [0.05, 0.1) is 5.69 Å². The third-order valence-corrected chi connectivity index (χ3v) is 1.98. The van der Waals surface area contributed by atoms with Crippen LogP contribution in [0.2, 0.25) is 0 Å². The SMILES string of the molecule is C=Cc1nc(C(F)F)c(CC)n1C=C. The molecule has 0 radical (unpaired) electrons. The maximum absolute atomic E-state index is 12.5. The highest BCUT2D eigenvalue weighted by molar-refractivity contribution is 5.46. The Bertz CT molecular complexity index is 353. The second-order valence-electron chi connectivity index (χ2n) is 2.71. The number of hydrogen-bond donors (Lipinski definition) is 0. The zero-order valence-electron chi connectivity index (χ0n) is 8.00. The first kappa shape index (κ1) is 10.6. The first-order valence-electron chi connectivity index (χ1n) is 4.29. The molecule has 1 heterocycles. The number of hydrogen-bond acceptors (Lipinski definition) is 1. The van der Waals surface area contributed by atoms with Crippen molar-refractivity contribution in [1.29, 1.82) is 0 Å². The third kappa shape index (κ3) is 1.60. The van der Waals surface area contributed by atoms with Crippen LogP contribution in [0.3, 0.4) is 0 Å². The Kier molecular flexibility index (Phi) is 3.17. The van der Waals surface area contributed by atoms with Gasteiger partial charge in [0.2, 0.25) is 0 Å². The molecule has 0 aliphatic rings.